The van der Waals surface area contributed by atoms with Crippen LogP contribution in [0.3, 0.4) is 0 Å². The molecule has 4 aromatic carbocycles. The van der Waals surface area contributed by atoms with E-state index in [2.05, 4.69) is 20.3 Å². The number of methoxy groups -OCH3 is 1. The van der Waals surface area contributed by atoms with Gasteiger partial charge in [-0.05, 0) is 47.9 Å². The number of primary amides is 2. The second-order valence-electron chi connectivity index (χ2n) is 15.1. The largest absolute Gasteiger partial charge is 0.453 e. The predicted molar refractivity (Wildman–Crippen MR) is 228 cm³/mol. The van der Waals surface area contributed by atoms with Crippen LogP contribution in [0.2, 0.25) is 0 Å². The van der Waals surface area contributed by atoms with Gasteiger partial charge in [-0.15, -0.1) is 0 Å². The molecule has 6 aromatic rings. The summed E-state index contributed by atoms with van der Waals surface area (Å²) in [6, 6.07) is 31.5. The minimum atomic E-state index is -1.24. The van der Waals surface area contributed by atoms with Crippen LogP contribution in [0, 0.1) is 0 Å². The van der Waals surface area contributed by atoms with E-state index in [1.165, 1.54) is 7.11 Å². The van der Waals surface area contributed by atoms with Gasteiger partial charge >= 0.3 is 12.2 Å². The molecule has 2 saturated heterocycles. The fourth-order valence-electron chi connectivity index (χ4n) is 8.31. The summed E-state index contributed by atoms with van der Waals surface area (Å²) in [5.74, 6) is -0.334. The Kier molecular flexibility index (Phi) is 11.8. The van der Waals surface area contributed by atoms with Gasteiger partial charge in [0.2, 0.25) is 6.10 Å². The molecule has 2 aromatic heterocycles. The van der Waals surface area contributed by atoms with Crippen LogP contribution in [0.25, 0.3) is 33.6 Å². The van der Waals surface area contributed by atoms with Gasteiger partial charge in [0.1, 0.15) is 29.1 Å². The fraction of sp³-hybridized carbons (Fsp3) is 0.239. The lowest BCUT2D eigenvalue weighted by atomic mass is 10.0. The molecule has 0 saturated carbocycles. The van der Waals surface area contributed by atoms with Gasteiger partial charge < -0.3 is 46.0 Å². The second-order valence-corrected chi connectivity index (χ2v) is 15.1. The summed E-state index contributed by atoms with van der Waals surface area (Å²) in [6.45, 7) is 0.912. The van der Waals surface area contributed by atoms with E-state index in [0.717, 1.165) is 35.2 Å². The summed E-state index contributed by atoms with van der Waals surface area (Å²) in [5.41, 5.74) is 17.0. The highest BCUT2D eigenvalue weighted by Crippen LogP contribution is 2.37. The molecule has 8 rings (SSSR count). The first-order valence-electron chi connectivity index (χ1n) is 20.3. The Balaban J connectivity index is 0.970. The number of aromatic amines is 2. The van der Waals surface area contributed by atoms with E-state index >= 15 is 0 Å². The number of likely N-dealkylation sites (tertiary alicyclic amines) is 2. The molecular formula is C46H45N9O7. The van der Waals surface area contributed by atoms with Crippen LogP contribution in [0.1, 0.15) is 83.2 Å². The molecule has 0 bridgehead atoms. The van der Waals surface area contributed by atoms with Gasteiger partial charge in [0.15, 0.2) is 0 Å². The zero-order chi connectivity index (χ0) is 43.3. The van der Waals surface area contributed by atoms with Crippen molar-refractivity contribution in [3.05, 3.63) is 144 Å². The first kappa shape index (κ1) is 41.0. The molecule has 16 heteroatoms. The zero-order valence-corrected chi connectivity index (χ0v) is 33.8. The molecule has 316 valence electrons. The van der Waals surface area contributed by atoms with Crippen LogP contribution in [0.5, 0.6) is 0 Å². The van der Waals surface area contributed by atoms with Crippen molar-refractivity contribution in [2.75, 3.05) is 20.2 Å². The SMILES string of the molecule is COC(=O)N[C@@H](C(=O)N1CCC[C@H]1c1ncc(-c2ccc(-c3ccc(-c4nc([C@@H]5CCCN5C(=O)[C@H](OC(N)=O)c5ccccc5)[nH]c4C(N)=O)cc3)cc2)[nH]1)c1ccccc1. The number of imidazole rings is 2. The maximum atomic E-state index is 13.9. The number of hydrogen-bond acceptors (Lipinski definition) is 9. The Hall–Kier alpha value is -7.75. The van der Waals surface area contributed by atoms with E-state index in [0.29, 0.717) is 60.0 Å². The molecule has 4 heterocycles. The van der Waals surface area contributed by atoms with Crippen LogP contribution >= 0.6 is 0 Å². The van der Waals surface area contributed by atoms with Crippen LogP contribution in [-0.4, -0.2) is 79.8 Å². The van der Waals surface area contributed by atoms with Crippen molar-refractivity contribution in [2.45, 2.75) is 49.9 Å². The predicted octanol–water partition coefficient (Wildman–Crippen LogP) is 6.49. The van der Waals surface area contributed by atoms with Crippen LogP contribution in [-0.2, 0) is 19.1 Å². The lowest BCUT2D eigenvalue weighted by molar-refractivity contribution is -0.141. The van der Waals surface area contributed by atoms with Gasteiger partial charge in [-0.25, -0.2) is 19.6 Å². The number of nitrogens with two attached hydrogens (primary N) is 2. The Labute approximate surface area is 356 Å². The Bertz CT molecular complexity index is 2580. The Morgan fingerprint density at radius 3 is 1.82 bits per heavy atom. The number of carbonyl (C=O) groups excluding carboxylic acids is 5. The van der Waals surface area contributed by atoms with E-state index < -0.39 is 42.2 Å². The number of alkyl carbamates (subject to hydrolysis) is 1. The molecule has 5 amide bonds. The van der Waals surface area contributed by atoms with Gasteiger partial charge in [0.25, 0.3) is 17.7 Å². The van der Waals surface area contributed by atoms with E-state index in [9.17, 15) is 24.0 Å². The van der Waals surface area contributed by atoms with E-state index in [4.69, 9.17) is 25.9 Å². The molecule has 7 N–H and O–H groups in total. The maximum absolute atomic E-state index is 13.9. The molecule has 0 spiro atoms. The first-order valence-corrected chi connectivity index (χ1v) is 20.3. The van der Waals surface area contributed by atoms with Crippen molar-refractivity contribution in [1.82, 2.24) is 35.1 Å². The summed E-state index contributed by atoms with van der Waals surface area (Å²) in [6.07, 6.45) is 1.49. The molecule has 2 aliphatic heterocycles. The lowest BCUT2D eigenvalue weighted by Gasteiger charge is -2.28. The van der Waals surface area contributed by atoms with E-state index in [1.807, 2.05) is 66.7 Å². The Morgan fingerprint density at radius 1 is 0.694 bits per heavy atom. The number of nitrogens with zero attached hydrogens (tertiary/aromatic N) is 4. The number of rotatable bonds is 12. The smallest absolute Gasteiger partial charge is 0.407 e. The van der Waals surface area contributed by atoms with Gasteiger partial charge in [-0.3, -0.25) is 14.4 Å². The third-order valence-corrected chi connectivity index (χ3v) is 11.3. The molecule has 0 aliphatic carbocycles. The Morgan fingerprint density at radius 2 is 1.24 bits per heavy atom. The quantitative estimate of drug-likeness (QED) is 0.0905. The highest BCUT2D eigenvalue weighted by molar-refractivity contribution is 5.97. The van der Waals surface area contributed by atoms with Gasteiger partial charge in [0, 0.05) is 24.2 Å². The number of benzene rings is 4. The fourth-order valence-corrected chi connectivity index (χ4v) is 8.31. The second kappa shape index (κ2) is 17.8. The first-order chi connectivity index (χ1) is 30.1. The summed E-state index contributed by atoms with van der Waals surface area (Å²) >= 11 is 0. The van der Waals surface area contributed by atoms with Gasteiger partial charge in [0.05, 0.1) is 31.1 Å². The van der Waals surface area contributed by atoms with Crippen molar-refractivity contribution in [1.29, 1.82) is 0 Å². The molecule has 2 fully saturated rings. The van der Waals surface area contributed by atoms with Crippen molar-refractivity contribution in [2.24, 2.45) is 11.5 Å². The third kappa shape index (κ3) is 8.48. The molecule has 62 heavy (non-hydrogen) atoms. The van der Waals surface area contributed by atoms with Crippen molar-refractivity contribution < 1.29 is 33.4 Å². The normalized spacial score (nSPS) is 17.0. The average molecular weight is 836 g/mol. The molecule has 16 nitrogen and oxygen atoms in total. The molecular weight excluding hydrogens is 791 g/mol. The highest BCUT2D eigenvalue weighted by Gasteiger charge is 2.39. The zero-order valence-electron chi connectivity index (χ0n) is 33.8. The number of hydrogen-bond donors (Lipinski definition) is 5. The molecule has 2 aliphatic rings. The summed E-state index contributed by atoms with van der Waals surface area (Å²) < 4.78 is 10.1. The average Bonchev–Trinajstić information content (AvgIpc) is 4.14. The lowest BCUT2D eigenvalue weighted by Crippen LogP contribution is -2.42. The summed E-state index contributed by atoms with van der Waals surface area (Å²) in [4.78, 5) is 83.8. The van der Waals surface area contributed by atoms with Crippen molar-refractivity contribution >= 4 is 29.9 Å². The summed E-state index contributed by atoms with van der Waals surface area (Å²) in [5, 5.41) is 2.70. The number of H-pyrrole nitrogens is 2. The van der Waals surface area contributed by atoms with E-state index in [1.54, 1.807) is 58.5 Å². The van der Waals surface area contributed by atoms with Gasteiger partial charge in [-0.2, -0.15) is 0 Å². The number of amides is 5. The van der Waals surface area contributed by atoms with Crippen LogP contribution < -0.4 is 16.8 Å². The van der Waals surface area contributed by atoms with Crippen LogP contribution in [0.15, 0.2) is 115 Å². The standard InChI is InChI=1S/C46H45N9O7/c1-61-46(60)53-37(30-10-4-2-5-11-30)43(57)54-24-8-14-34(54)41-49-26-33(50-41)29-20-16-27(17-21-29)28-18-22-31(23-19-28)36-38(40(47)56)52-42(51-36)35-15-9-25-55(35)44(58)39(62-45(48)59)32-12-6-3-7-13-32/h2-7,10-13,16-23,26,34-35,37,39H,8-9,14-15,24-25H2,1H3,(H2,47,56)(H2,48,59)(H,49,50)(H,51,52)(H,53,60)/t34-,35-,37+,39+/m0/s1. The number of carbonyl (C=O) groups is 5. The minimum absolute atomic E-state index is 0.113. The van der Waals surface area contributed by atoms with Crippen molar-refractivity contribution in [3.63, 3.8) is 0 Å². The number of nitrogens with one attached hydrogen (secondary N) is 3. The van der Waals surface area contributed by atoms with E-state index in [-0.39, 0.29) is 17.6 Å². The topological polar surface area (TPSA) is 232 Å². The molecule has 0 radical (unpaired) electrons. The maximum Gasteiger partial charge on any atom is 0.407 e. The van der Waals surface area contributed by atoms with Crippen molar-refractivity contribution in [3.8, 4) is 33.6 Å². The van der Waals surface area contributed by atoms with Gasteiger partial charge in [-0.1, -0.05) is 109 Å². The van der Waals surface area contributed by atoms with Crippen LogP contribution in [0.4, 0.5) is 9.59 Å². The molecule has 4 atom stereocenters. The monoisotopic (exact) mass is 835 g/mol. The molecule has 0 unspecified atom stereocenters. The summed E-state index contributed by atoms with van der Waals surface area (Å²) in [7, 11) is 1.26. The highest BCUT2D eigenvalue weighted by atomic mass is 16.6. The third-order valence-electron chi connectivity index (χ3n) is 11.3. The minimum Gasteiger partial charge on any atom is -0.453 e. The number of aromatic nitrogens is 4. The number of ether oxygens (including phenoxy) is 2.